The molecule has 2 aromatic rings. The molecule has 3 nitrogen and oxygen atoms in total. The minimum atomic E-state index is 0.846. The van der Waals surface area contributed by atoms with E-state index in [0.717, 1.165) is 24.1 Å². The lowest BCUT2D eigenvalue weighted by atomic mass is 9.83. The van der Waals surface area contributed by atoms with Gasteiger partial charge in [-0.1, -0.05) is 31.9 Å². The van der Waals surface area contributed by atoms with Gasteiger partial charge in [-0.2, -0.15) is 0 Å². The van der Waals surface area contributed by atoms with Gasteiger partial charge >= 0.3 is 0 Å². The highest BCUT2D eigenvalue weighted by molar-refractivity contribution is 5.61. The largest absolute Gasteiger partial charge is 0.385 e. The minimum Gasteiger partial charge on any atom is -0.385 e. The van der Waals surface area contributed by atoms with E-state index >= 15 is 0 Å². The number of H-pyrrole nitrogens is 1. The molecule has 0 atom stereocenters. The number of nitrogens with one attached hydrogen (secondary N) is 2. The molecule has 1 fully saturated rings. The van der Waals surface area contributed by atoms with Crippen LogP contribution in [0.1, 0.15) is 32.6 Å². The van der Waals surface area contributed by atoms with Gasteiger partial charge in [0.2, 0.25) is 0 Å². The van der Waals surface area contributed by atoms with E-state index in [2.05, 4.69) is 46.5 Å². The number of aromatic amines is 1. The van der Waals surface area contributed by atoms with Crippen LogP contribution < -0.4 is 5.32 Å². The Labute approximate surface area is 120 Å². The number of nitrogens with zero attached hydrogens (tertiary/aromatic N) is 1. The number of aromatic nitrogens is 2. The quantitative estimate of drug-likeness (QED) is 0.868. The molecule has 1 aliphatic rings. The van der Waals surface area contributed by atoms with E-state index in [-0.39, 0.29) is 0 Å². The van der Waals surface area contributed by atoms with E-state index in [1.807, 2.05) is 6.20 Å². The smallest absolute Gasteiger partial charge is 0.0924 e. The summed E-state index contributed by atoms with van der Waals surface area (Å²) >= 11 is 0. The van der Waals surface area contributed by atoms with Gasteiger partial charge in [-0.25, -0.2) is 4.98 Å². The second-order valence-electron chi connectivity index (χ2n) is 6.05. The topological polar surface area (TPSA) is 40.7 Å². The van der Waals surface area contributed by atoms with E-state index in [4.69, 9.17) is 0 Å². The molecular formula is C17H23N3. The zero-order chi connectivity index (χ0) is 13.8. The highest BCUT2D eigenvalue weighted by atomic mass is 14.9. The van der Waals surface area contributed by atoms with Crippen LogP contribution >= 0.6 is 0 Å². The van der Waals surface area contributed by atoms with Gasteiger partial charge in [-0.05, 0) is 42.4 Å². The van der Waals surface area contributed by atoms with Crippen molar-refractivity contribution in [2.75, 3.05) is 11.9 Å². The normalized spacial score (nSPS) is 22.6. The van der Waals surface area contributed by atoms with Crippen molar-refractivity contribution >= 4 is 5.69 Å². The Morgan fingerprint density at radius 3 is 2.55 bits per heavy atom. The Morgan fingerprint density at radius 2 is 1.90 bits per heavy atom. The van der Waals surface area contributed by atoms with E-state index < -0.39 is 0 Å². The summed E-state index contributed by atoms with van der Waals surface area (Å²) in [6.07, 6.45) is 9.11. The summed E-state index contributed by atoms with van der Waals surface area (Å²) < 4.78 is 0. The Kier molecular flexibility index (Phi) is 4.05. The molecule has 0 saturated heterocycles. The third-order valence-electron chi connectivity index (χ3n) is 4.42. The molecule has 1 aromatic carbocycles. The van der Waals surface area contributed by atoms with Crippen LogP contribution in [0.15, 0.2) is 36.8 Å². The van der Waals surface area contributed by atoms with Crippen molar-refractivity contribution in [1.29, 1.82) is 0 Å². The lowest BCUT2D eigenvalue weighted by Crippen LogP contribution is -2.20. The van der Waals surface area contributed by atoms with Crippen LogP contribution in [0.2, 0.25) is 0 Å². The second kappa shape index (κ2) is 6.12. The molecule has 1 aromatic heterocycles. The number of benzene rings is 1. The molecule has 0 radical (unpaired) electrons. The molecule has 0 bridgehead atoms. The number of hydrogen-bond acceptors (Lipinski definition) is 2. The van der Waals surface area contributed by atoms with Gasteiger partial charge in [0.15, 0.2) is 0 Å². The first-order valence-electron chi connectivity index (χ1n) is 7.64. The average Bonchev–Trinajstić information content (AvgIpc) is 3.01. The third kappa shape index (κ3) is 3.21. The van der Waals surface area contributed by atoms with Crippen molar-refractivity contribution in [1.82, 2.24) is 9.97 Å². The van der Waals surface area contributed by atoms with Gasteiger partial charge < -0.3 is 10.3 Å². The first-order valence-corrected chi connectivity index (χ1v) is 7.64. The molecule has 3 rings (SSSR count). The van der Waals surface area contributed by atoms with Gasteiger partial charge in [0.05, 0.1) is 18.2 Å². The molecule has 0 aliphatic heterocycles. The zero-order valence-corrected chi connectivity index (χ0v) is 12.1. The summed E-state index contributed by atoms with van der Waals surface area (Å²) in [4.78, 5) is 7.18. The van der Waals surface area contributed by atoms with Crippen molar-refractivity contribution in [2.45, 2.75) is 32.6 Å². The molecule has 0 amide bonds. The molecule has 1 saturated carbocycles. The predicted molar refractivity (Wildman–Crippen MR) is 83.6 cm³/mol. The summed E-state index contributed by atoms with van der Waals surface area (Å²) in [5.41, 5.74) is 3.46. The van der Waals surface area contributed by atoms with Crippen molar-refractivity contribution in [3.05, 3.63) is 36.8 Å². The standard InChI is InChI=1S/C17H23N3/c1-13-2-4-14(5-3-13)10-19-16-8-6-15(7-9-16)17-11-18-12-20-17/h6-9,11-14,19H,2-5,10H2,1H3,(H,18,20). The molecule has 1 heterocycles. The number of imidazole rings is 1. The Hall–Kier alpha value is -1.77. The number of rotatable bonds is 4. The van der Waals surface area contributed by atoms with Gasteiger partial charge in [0.1, 0.15) is 0 Å². The molecule has 3 heteroatoms. The fourth-order valence-corrected chi connectivity index (χ4v) is 2.98. The summed E-state index contributed by atoms with van der Waals surface area (Å²) in [5, 5.41) is 3.58. The first kappa shape index (κ1) is 13.2. The molecule has 1 aliphatic carbocycles. The van der Waals surface area contributed by atoms with E-state index in [1.54, 1.807) is 6.33 Å². The van der Waals surface area contributed by atoms with Crippen LogP contribution in [-0.2, 0) is 0 Å². The molecular weight excluding hydrogens is 246 g/mol. The highest BCUT2D eigenvalue weighted by Crippen LogP contribution is 2.28. The minimum absolute atomic E-state index is 0.846. The van der Waals surface area contributed by atoms with Crippen molar-refractivity contribution in [2.24, 2.45) is 11.8 Å². The Morgan fingerprint density at radius 1 is 1.15 bits per heavy atom. The van der Waals surface area contributed by atoms with Crippen LogP contribution in [0, 0.1) is 11.8 Å². The Balaban J connectivity index is 1.53. The highest BCUT2D eigenvalue weighted by Gasteiger charge is 2.17. The molecule has 2 N–H and O–H groups in total. The van der Waals surface area contributed by atoms with E-state index in [0.29, 0.717) is 0 Å². The van der Waals surface area contributed by atoms with Gasteiger partial charge in [0, 0.05) is 12.2 Å². The maximum Gasteiger partial charge on any atom is 0.0924 e. The third-order valence-corrected chi connectivity index (χ3v) is 4.42. The van der Waals surface area contributed by atoms with Crippen molar-refractivity contribution in [3.8, 4) is 11.3 Å². The predicted octanol–water partition coefficient (Wildman–Crippen LogP) is 4.31. The number of hydrogen-bond donors (Lipinski definition) is 2. The van der Waals surface area contributed by atoms with E-state index in [1.165, 1.54) is 36.9 Å². The first-order chi connectivity index (χ1) is 9.81. The van der Waals surface area contributed by atoms with Crippen LogP contribution in [0.3, 0.4) is 0 Å². The maximum atomic E-state index is 4.05. The van der Waals surface area contributed by atoms with E-state index in [9.17, 15) is 0 Å². The number of anilines is 1. The van der Waals surface area contributed by atoms with Crippen LogP contribution in [-0.4, -0.2) is 16.5 Å². The van der Waals surface area contributed by atoms with Crippen molar-refractivity contribution < 1.29 is 0 Å². The summed E-state index contributed by atoms with van der Waals surface area (Å²) in [5.74, 6) is 1.78. The average molecular weight is 269 g/mol. The summed E-state index contributed by atoms with van der Waals surface area (Å²) in [6.45, 7) is 3.48. The molecule has 0 spiro atoms. The zero-order valence-electron chi connectivity index (χ0n) is 12.1. The molecule has 0 unspecified atom stereocenters. The van der Waals surface area contributed by atoms with Gasteiger partial charge in [-0.15, -0.1) is 0 Å². The molecule has 20 heavy (non-hydrogen) atoms. The monoisotopic (exact) mass is 269 g/mol. The molecule has 106 valence electrons. The van der Waals surface area contributed by atoms with Gasteiger partial charge in [0.25, 0.3) is 0 Å². The van der Waals surface area contributed by atoms with Gasteiger partial charge in [-0.3, -0.25) is 0 Å². The van der Waals surface area contributed by atoms with Crippen molar-refractivity contribution in [3.63, 3.8) is 0 Å². The van der Waals surface area contributed by atoms with Crippen LogP contribution in [0.4, 0.5) is 5.69 Å². The Bertz CT molecular complexity index is 508. The lowest BCUT2D eigenvalue weighted by molar-refractivity contribution is 0.300. The summed E-state index contributed by atoms with van der Waals surface area (Å²) in [6, 6.07) is 8.58. The second-order valence-corrected chi connectivity index (χ2v) is 6.05. The summed E-state index contributed by atoms with van der Waals surface area (Å²) in [7, 11) is 0. The van der Waals surface area contributed by atoms with Crippen LogP contribution in [0.25, 0.3) is 11.3 Å². The fourth-order valence-electron chi connectivity index (χ4n) is 2.98. The SMILES string of the molecule is CC1CCC(CNc2ccc(-c3cnc[nH]3)cc2)CC1. The van der Waals surface area contributed by atoms with Crippen LogP contribution in [0.5, 0.6) is 0 Å². The maximum absolute atomic E-state index is 4.05. The lowest BCUT2D eigenvalue weighted by Gasteiger charge is -2.26. The fraction of sp³-hybridized carbons (Fsp3) is 0.471.